The van der Waals surface area contributed by atoms with Gasteiger partial charge in [0.25, 0.3) is 0 Å². The summed E-state index contributed by atoms with van der Waals surface area (Å²) in [5.74, 6) is 0.463. The van der Waals surface area contributed by atoms with Crippen molar-refractivity contribution in [2.45, 2.75) is 43.9 Å². The summed E-state index contributed by atoms with van der Waals surface area (Å²) in [6.45, 7) is 0. The molecule has 0 aliphatic heterocycles. The molecule has 1 fully saturated rings. The Morgan fingerprint density at radius 3 is 2.40 bits per heavy atom. The maximum absolute atomic E-state index is 11.3. The number of aryl methyl sites for hydroxylation is 1. The smallest absolute Gasteiger partial charge is 0.132 e. The van der Waals surface area contributed by atoms with E-state index in [2.05, 4.69) is 24.3 Å². The molecule has 0 radical (unpaired) electrons. The average Bonchev–Trinajstić information content (AvgIpc) is 2.63. The zero-order valence-electron chi connectivity index (χ0n) is 8.96. The molecule has 2 aliphatic carbocycles. The quantitative estimate of drug-likeness (QED) is 0.629. The van der Waals surface area contributed by atoms with Crippen LogP contribution in [0.3, 0.4) is 0 Å². The predicted octanol–water partition coefficient (Wildman–Crippen LogP) is 3.01. The normalized spacial score (nSPS) is 23.1. The number of carbonyl (C=O) groups excluding carboxylic acids is 1. The summed E-state index contributed by atoms with van der Waals surface area (Å²) in [6.07, 6.45) is 6.25. The first-order chi connectivity index (χ1) is 7.30. The molecule has 1 spiro atoms. The standard InChI is InChI=1S/C14H16O/c15-12-6-9-14(10-7-12)8-5-11-3-1-2-4-13(11)14/h1-4H,5-10H2. The van der Waals surface area contributed by atoms with Gasteiger partial charge in [-0.05, 0) is 42.2 Å². The number of ketones is 1. The highest BCUT2D eigenvalue weighted by Crippen LogP contribution is 2.47. The second-order valence-electron chi connectivity index (χ2n) is 4.98. The van der Waals surface area contributed by atoms with Crippen molar-refractivity contribution in [2.75, 3.05) is 0 Å². The average molecular weight is 200 g/mol. The molecule has 15 heavy (non-hydrogen) atoms. The lowest BCUT2D eigenvalue weighted by Crippen LogP contribution is -2.29. The zero-order chi connectivity index (χ0) is 10.3. The van der Waals surface area contributed by atoms with Crippen LogP contribution in [0.25, 0.3) is 0 Å². The van der Waals surface area contributed by atoms with Crippen molar-refractivity contribution >= 4 is 5.78 Å². The molecule has 2 aliphatic rings. The van der Waals surface area contributed by atoms with Crippen molar-refractivity contribution in [3.05, 3.63) is 35.4 Å². The fourth-order valence-corrected chi connectivity index (χ4v) is 3.29. The molecule has 0 heterocycles. The summed E-state index contributed by atoms with van der Waals surface area (Å²) in [6, 6.07) is 8.80. The van der Waals surface area contributed by atoms with Crippen LogP contribution in [0.4, 0.5) is 0 Å². The number of hydrogen-bond donors (Lipinski definition) is 0. The first-order valence-electron chi connectivity index (χ1n) is 5.90. The van der Waals surface area contributed by atoms with E-state index in [-0.39, 0.29) is 0 Å². The number of carbonyl (C=O) groups is 1. The molecule has 0 amide bonds. The highest BCUT2D eigenvalue weighted by atomic mass is 16.1. The van der Waals surface area contributed by atoms with Gasteiger partial charge in [-0.25, -0.2) is 0 Å². The van der Waals surface area contributed by atoms with Crippen LogP contribution in [-0.4, -0.2) is 5.78 Å². The molecular weight excluding hydrogens is 184 g/mol. The zero-order valence-corrected chi connectivity index (χ0v) is 8.96. The van der Waals surface area contributed by atoms with Gasteiger partial charge in [0.2, 0.25) is 0 Å². The van der Waals surface area contributed by atoms with Crippen molar-refractivity contribution in [2.24, 2.45) is 0 Å². The number of fused-ring (bicyclic) bond motifs is 2. The van der Waals surface area contributed by atoms with E-state index >= 15 is 0 Å². The van der Waals surface area contributed by atoms with Gasteiger partial charge in [0, 0.05) is 12.8 Å². The van der Waals surface area contributed by atoms with Gasteiger partial charge in [0.15, 0.2) is 0 Å². The highest BCUT2D eigenvalue weighted by Gasteiger charge is 2.40. The van der Waals surface area contributed by atoms with E-state index in [0.717, 1.165) is 25.7 Å². The Labute approximate surface area is 90.5 Å². The SMILES string of the molecule is O=C1CCC2(CC1)CCc1ccccc12. The van der Waals surface area contributed by atoms with Crippen molar-refractivity contribution in [3.63, 3.8) is 0 Å². The van der Waals surface area contributed by atoms with Crippen LogP contribution < -0.4 is 0 Å². The molecule has 1 nitrogen and oxygen atoms in total. The largest absolute Gasteiger partial charge is 0.300 e. The molecule has 0 N–H and O–H groups in total. The summed E-state index contributed by atoms with van der Waals surface area (Å²) in [4.78, 5) is 11.3. The van der Waals surface area contributed by atoms with Crippen LogP contribution in [0.1, 0.15) is 43.2 Å². The summed E-state index contributed by atoms with van der Waals surface area (Å²) in [5, 5.41) is 0. The Balaban J connectivity index is 1.98. The summed E-state index contributed by atoms with van der Waals surface area (Å²) in [7, 11) is 0. The Morgan fingerprint density at radius 2 is 1.60 bits per heavy atom. The number of Topliss-reactive ketones (excluding diaryl/α,β-unsaturated/α-hetero) is 1. The molecule has 0 saturated heterocycles. The van der Waals surface area contributed by atoms with Crippen LogP contribution >= 0.6 is 0 Å². The minimum Gasteiger partial charge on any atom is -0.300 e. The summed E-state index contributed by atoms with van der Waals surface area (Å²) in [5.41, 5.74) is 3.43. The van der Waals surface area contributed by atoms with Crippen LogP contribution in [0.2, 0.25) is 0 Å². The first kappa shape index (κ1) is 9.14. The first-order valence-corrected chi connectivity index (χ1v) is 5.90. The second kappa shape index (κ2) is 3.19. The van der Waals surface area contributed by atoms with Crippen molar-refractivity contribution in [1.82, 2.24) is 0 Å². The Bertz CT molecular complexity index is 396. The van der Waals surface area contributed by atoms with Gasteiger partial charge >= 0.3 is 0 Å². The molecule has 1 heteroatoms. The number of hydrogen-bond acceptors (Lipinski definition) is 1. The van der Waals surface area contributed by atoms with E-state index in [4.69, 9.17) is 0 Å². The fourth-order valence-electron chi connectivity index (χ4n) is 3.29. The van der Waals surface area contributed by atoms with E-state index in [0.29, 0.717) is 11.2 Å². The maximum Gasteiger partial charge on any atom is 0.132 e. The minimum atomic E-state index is 0.366. The van der Waals surface area contributed by atoms with Gasteiger partial charge < -0.3 is 0 Å². The third-order valence-electron chi connectivity index (χ3n) is 4.23. The van der Waals surface area contributed by atoms with Crippen molar-refractivity contribution in [1.29, 1.82) is 0 Å². The Morgan fingerprint density at radius 1 is 0.933 bits per heavy atom. The lowest BCUT2D eigenvalue weighted by Gasteiger charge is -2.33. The van der Waals surface area contributed by atoms with E-state index in [1.165, 1.54) is 24.0 Å². The van der Waals surface area contributed by atoms with E-state index in [1.807, 2.05) is 0 Å². The molecule has 3 rings (SSSR count). The molecular formula is C14H16O. The summed E-state index contributed by atoms with van der Waals surface area (Å²) >= 11 is 0. The van der Waals surface area contributed by atoms with Gasteiger partial charge in [0.05, 0.1) is 0 Å². The van der Waals surface area contributed by atoms with Gasteiger partial charge in [-0.15, -0.1) is 0 Å². The maximum atomic E-state index is 11.3. The van der Waals surface area contributed by atoms with Crippen LogP contribution in [0.15, 0.2) is 24.3 Å². The van der Waals surface area contributed by atoms with Crippen LogP contribution in [-0.2, 0) is 16.6 Å². The van der Waals surface area contributed by atoms with Gasteiger partial charge in [-0.1, -0.05) is 24.3 Å². The van der Waals surface area contributed by atoms with Gasteiger partial charge in [0.1, 0.15) is 5.78 Å². The molecule has 1 aromatic carbocycles. The predicted molar refractivity (Wildman–Crippen MR) is 59.9 cm³/mol. The van der Waals surface area contributed by atoms with Crippen LogP contribution in [0, 0.1) is 0 Å². The molecule has 0 aromatic heterocycles. The summed E-state index contributed by atoms with van der Waals surface area (Å²) < 4.78 is 0. The van der Waals surface area contributed by atoms with E-state index in [1.54, 1.807) is 0 Å². The molecule has 0 bridgehead atoms. The second-order valence-corrected chi connectivity index (χ2v) is 4.98. The van der Waals surface area contributed by atoms with Gasteiger partial charge in [-0.2, -0.15) is 0 Å². The van der Waals surface area contributed by atoms with Crippen molar-refractivity contribution in [3.8, 4) is 0 Å². The Kier molecular flexibility index (Phi) is 1.95. The molecule has 78 valence electrons. The third-order valence-corrected chi connectivity index (χ3v) is 4.23. The number of rotatable bonds is 0. The fraction of sp³-hybridized carbons (Fsp3) is 0.500. The monoisotopic (exact) mass is 200 g/mol. The highest BCUT2D eigenvalue weighted by molar-refractivity contribution is 5.79. The van der Waals surface area contributed by atoms with E-state index < -0.39 is 0 Å². The molecule has 1 aromatic rings. The molecule has 0 unspecified atom stereocenters. The van der Waals surface area contributed by atoms with Crippen molar-refractivity contribution < 1.29 is 4.79 Å². The van der Waals surface area contributed by atoms with Crippen LogP contribution in [0.5, 0.6) is 0 Å². The molecule has 1 saturated carbocycles. The topological polar surface area (TPSA) is 17.1 Å². The lowest BCUT2D eigenvalue weighted by molar-refractivity contribution is -0.121. The van der Waals surface area contributed by atoms with E-state index in [9.17, 15) is 4.79 Å². The minimum absolute atomic E-state index is 0.366. The number of benzene rings is 1. The third kappa shape index (κ3) is 1.33. The lowest BCUT2D eigenvalue weighted by atomic mass is 9.70. The molecule has 0 atom stereocenters. The van der Waals surface area contributed by atoms with Gasteiger partial charge in [-0.3, -0.25) is 4.79 Å². The Hall–Kier alpha value is -1.11.